The van der Waals surface area contributed by atoms with E-state index in [1.807, 2.05) is 24.3 Å². The standard InChI is InChI=1S/C17H14N4O3/c22-16(10-21-11-18-14-7-3-4-8-15(14)21)20-19-9-12-5-1-2-6-13(12)17(23)24/h1-9,11H,10H2,(H,20,22)(H,23,24)/b19-9+. The fourth-order valence-corrected chi connectivity index (χ4v) is 2.30. The van der Waals surface area contributed by atoms with Crippen LogP contribution in [0.25, 0.3) is 11.0 Å². The van der Waals surface area contributed by atoms with Crippen molar-refractivity contribution in [2.24, 2.45) is 5.10 Å². The number of aromatic carboxylic acids is 1. The second-order valence-electron chi connectivity index (χ2n) is 5.05. The van der Waals surface area contributed by atoms with E-state index in [1.54, 1.807) is 29.1 Å². The molecule has 0 unspecified atom stereocenters. The smallest absolute Gasteiger partial charge is 0.336 e. The highest BCUT2D eigenvalue weighted by molar-refractivity contribution is 5.98. The number of carboxylic acid groups (broad SMARTS) is 1. The molecule has 1 aromatic heterocycles. The predicted molar refractivity (Wildman–Crippen MR) is 88.9 cm³/mol. The lowest BCUT2D eigenvalue weighted by Crippen LogP contribution is -2.23. The number of imidazole rings is 1. The van der Waals surface area contributed by atoms with E-state index in [-0.39, 0.29) is 18.0 Å². The van der Waals surface area contributed by atoms with Gasteiger partial charge in [0.15, 0.2) is 0 Å². The van der Waals surface area contributed by atoms with Gasteiger partial charge in [0, 0.05) is 5.56 Å². The molecule has 2 N–H and O–H groups in total. The van der Waals surface area contributed by atoms with Crippen LogP contribution in [0.1, 0.15) is 15.9 Å². The fraction of sp³-hybridized carbons (Fsp3) is 0.0588. The molecule has 3 rings (SSSR count). The van der Waals surface area contributed by atoms with Gasteiger partial charge in [0.1, 0.15) is 6.54 Å². The van der Waals surface area contributed by atoms with Gasteiger partial charge in [-0.05, 0) is 18.2 Å². The van der Waals surface area contributed by atoms with E-state index in [4.69, 9.17) is 5.11 Å². The van der Waals surface area contributed by atoms with Crippen molar-refractivity contribution in [3.05, 3.63) is 66.0 Å². The Labute approximate surface area is 137 Å². The molecule has 1 heterocycles. The summed E-state index contributed by atoms with van der Waals surface area (Å²) in [5.74, 6) is -1.38. The number of para-hydroxylation sites is 2. The summed E-state index contributed by atoms with van der Waals surface area (Å²) < 4.78 is 1.71. The van der Waals surface area contributed by atoms with E-state index in [0.29, 0.717) is 5.56 Å². The van der Waals surface area contributed by atoms with Crippen molar-refractivity contribution in [2.75, 3.05) is 0 Å². The van der Waals surface area contributed by atoms with Gasteiger partial charge in [-0.3, -0.25) is 4.79 Å². The summed E-state index contributed by atoms with van der Waals surface area (Å²) in [7, 11) is 0. The van der Waals surface area contributed by atoms with Crippen molar-refractivity contribution in [3.8, 4) is 0 Å². The molecule has 24 heavy (non-hydrogen) atoms. The maximum atomic E-state index is 12.0. The lowest BCUT2D eigenvalue weighted by Gasteiger charge is -2.03. The Bertz CT molecular complexity index is 930. The summed E-state index contributed by atoms with van der Waals surface area (Å²) in [6.07, 6.45) is 2.90. The lowest BCUT2D eigenvalue weighted by molar-refractivity contribution is -0.121. The number of rotatable bonds is 5. The number of fused-ring (bicyclic) bond motifs is 1. The zero-order valence-electron chi connectivity index (χ0n) is 12.6. The third-order valence-electron chi connectivity index (χ3n) is 3.43. The highest BCUT2D eigenvalue weighted by Crippen LogP contribution is 2.11. The molecule has 0 aliphatic rings. The van der Waals surface area contributed by atoms with Crippen LogP contribution < -0.4 is 5.43 Å². The number of nitrogens with one attached hydrogen (secondary N) is 1. The zero-order chi connectivity index (χ0) is 16.9. The molecular formula is C17H14N4O3. The number of hydrazone groups is 1. The summed E-state index contributed by atoms with van der Waals surface area (Å²) in [4.78, 5) is 27.3. The van der Waals surface area contributed by atoms with Crippen LogP contribution in [-0.4, -0.2) is 32.7 Å². The molecule has 0 atom stereocenters. The molecule has 0 spiro atoms. The first-order valence-corrected chi connectivity index (χ1v) is 7.19. The van der Waals surface area contributed by atoms with Crippen LogP contribution in [0.15, 0.2) is 60.0 Å². The quantitative estimate of drug-likeness (QED) is 0.554. The predicted octanol–water partition coefficient (Wildman–Crippen LogP) is 1.88. The summed E-state index contributed by atoms with van der Waals surface area (Å²) in [5.41, 5.74) is 4.59. The van der Waals surface area contributed by atoms with Crippen LogP contribution in [0.3, 0.4) is 0 Å². The number of nitrogens with zero attached hydrogens (tertiary/aromatic N) is 3. The molecule has 120 valence electrons. The highest BCUT2D eigenvalue weighted by atomic mass is 16.4. The Kier molecular flexibility index (Phi) is 4.33. The number of hydrogen-bond acceptors (Lipinski definition) is 4. The monoisotopic (exact) mass is 322 g/mol. The molecule has 0 radical (unpaired) electrons. The average Bonchev–Trinajstić information content (AvgIpc) is 2.98. The Morgan fingerprint density at radius 1 is 1.17 bits per heavy atom. The van der Waals surface area contributed by atoms with Crippen molar-refractivity contribution in [2.45, 2.75) is 6.54 Å². The molecule has 7 heteroatoms. The minimum absolute atomic E-state index is 0.0679. The van der Waals surface area contributed by atoms with Gasteiger partial charge in [0.2, 0.25) is 0 Å². The molecule has 0 aliphatic heterocycles. The van der Waals surface area contributed by atoms with Gasteiger partial charge in [0.25, 0.3) is 5.91 Å². The molecule has 7 nitrogen and oxygen atoms in total. The van der Waals surface area contributed by atoms with E-state index in [9.17, 15) is 9.59 Å². The summed E-state index contributed by atoms with van der Waals surface area (Å²) in [6, 6.07) is 13.9. The minimum Gasteiger partial charge on any atom is -0.478 e. The Hall–Kier alpha value is -3.48. The molecule has 0 aliphatic carbocycles. The van der Waals surface area contributed by atoms with Crippen LogP contribution in [0.2, 0.25) is 0 Å². The van der Waals surface area contributed by atoms with E-state index in [0.717, 1.165) is 11.0 Å². The minimum atomic E-state index is -1.05. The molecule has 3 aromatic rings. The van der Waals surface area contributed by atoms with Crippen LogP contribution in [-0.2, 0) is 11.3 Å². The van der Waals surface area contributed by atoms with Crippen molar-refractivity contribution in [1.29, 1.82) is 0 Å². The van der Waals surface area contributed by atoms with Crippen molar-refractivity contribution in [3.63, 3.8) is 0 Å². The number of amides is 1. The van der Waals surface area contributed by atoms with E-state index >= 15 is 0 Å². The van der Waals surface area contributed by atoms with Gasteiger partial charge in [-0.1, -0.05) is 30.3 Å². The van der Waals surface area contributed by atoms with Gasteiger partial charge >= 0.3 is 5.97 Å². The van der Waals surface area contributed by atoms with E-state index in [1.165, 1.54) is 12.3 Å². The number of carbonyl (C=O) groups is 2. The summed E-state index contributed by atoms with van der Waals surface area (Å²) in [5, 5.41) is 12.9. The van der Waals surface area contributed by atoms with Crippen LogP contribution in [0, 0.1) is 0 Å². The second-order valence-corrected chi connectivity index (χ2v) is 5.05. The summed E-state index contributed by atoms with van der Waals surface area (Å²) in [6.45, 7) is 0.0679. The first kappa shape index (κ1) is 15.4. The number of aromatic nitrogens is 2. The van der Waals surface area contributed by atoms with Crippen molar-refractivity contribution in [1.82, 2.24) is 15.0 Å². The summed E-state index contributed by atoms with van der Waals surface area (Å²) >= 11 is 0. The van der Waals surface area contributed by atoms with Crippen LogP contribution in [0.4, 0.5) is 0 Å². The maximum absolute atomic E-state index is 12.0. The molecule has 0 bridgehead atoms. The maximum Gasteiger partial charge on any atom is 0.336 e. The molecule has 2 aromatic carbocycles. The molecular weight excluding hydrogens is 308 g/mol. The average molecular weight is 322 g/mol. The first-order chi connectivity index (χ1) is 11.6. The second kappa shape index (κ2) is 6.74. The lowest BCUT2D eigenvalue weighted by atomic mass is 10.1. The largest absolute Gasteiger partial charge is 0.478 e. The van der Waals surface area contributed by atoms with Gasteiger partial charge < -0.3 is 9.67 Å². The number of benzene rings is 2. The topological polar surface area (TPSA) is 96.6 Å². The molecule has 0 saturated carbocycles. The number of hydrogen-bond donors (Lipinski definition) is 2. The Balaban J connectivity index is 1.67. The Morgan fingerprint density at radius 3 is 2.75 bits per heavy atom. The van der Waals surface area contributed by atoms with E-state index < -0.39 is 5.97 Å². The highest BCUT2D eigenvalue weighted by Gasteiger charge is 2.08. The zero-order valence-corrected chi connectivity index (χ0v) is 12.6. The number of carbonyl (C=O) groups excluding carboxylic acids is 1. The van der Waals surface area contributed by atoms with Crippen molar-refractivity contribution >= 4 is 29.1 Å². The molecule has 0 saturated heterocycles. The van der Waals surface area contributed by atoms with Gasteiger partial charge in [0.05, 0.1) is 29.1 Å². The van der Waals surface area contributed by atoms with Crippen molar-refractivity contribution < 1.29 is 14.7 Å². The molecule has 0 fully saturated rings. The normalized spacial score (nSPS) is 11.0. The van der Waals surface area contributed by atoms with Gasteiger partial charge in [-0.2, -0.15) is 5.10 Å². The van der Waals surface area contributed by atoms with Gasteiger partial charge in [-0.25, -0.2) is 15.2 Å². The first-order valence-electron chi connectivity index (χ1n) is 7.19. The number of carboxylic acids is 1. The molecule has 1 amide bonds. The van der Waals surface area contributed by atoms with Crippen LogP contribution in [0.5, 0.6) is 0 Å². The van der Waals surface area contributed by atoms with Crippen LogP contribution >= 0.6 is 0 Å². The van der Waals surface area contributed by atoms with Gasteiger partial charge in [-0.15, -0.1) is 0 Å². The third kappa shape index (κ3) is 3.30. The van der Waals surface area contributed by atoms with E-state index in [2.05, 4.69) is 15.5 Å². The SMILES string of the molecule is O=C(Cn1cnc2ccccc21)N/N=C/c1ccccc1C(=O)O. The third-order valence-corrected chi connectivity index (χ3v) is 3.43. The Morgan fingerprint density at radius 2 is 1.92 bits per heavy atom. The fourth-order valence-electron chi connectivity index (χ4n) is 2.30.